The van der Waals surface area contributed by atoms with E-state index in [2.05, 4.69) is 0 Å². The SMILES string of the molecule is Nc1ccc(CN2C(=O)c3ccccc3C2=O)c(F)c1. The lowest BCUT2D eigenvalue weighted by atomic mass is 10.1. The first-order valence-electron chi connectivity index (χ1n) is 6.07. The van der Waals surface area contributed by atoms with Gasteiger partial charge in [0.15, 0.2) is 0 Å². The Balaban J connectivity index is 1.94. The number of benzene rings is 2. The summed E-state index contributed by atoms with van der Waals surface area (Å²) in [5, 5.41) is 0. The summed E-state index contributed by atoms with van der Waals surface area (Å²) in [6.45, 7) is -0.0987. The summed E-state index contributed by atoms with van der Waals surface area (Å²) in [5.41, 5.74) is 6.74. The number of rotatable bonds is 2. The van der Waals surface area contributed by atoms with Gasteiger partial charge in [-0.05, 0) is 24.3 Å². The predicted molar refractivity (Wildman–Crippen MR) is 71.5 cm³/mol. The number of amides is 2. The molecule has 5 heteroatoms. The van der Waals surface area contributed by atoms with Gasteiger partial charge in [0.1, 0.15) is 5.82 Å². The van der Waals surface area contributed by atoms with Gasteiger partial charge in [0.05, 0.1) is 17.7 Å². The number of carbonyl (C=O) groups is 2. The normalized spacial score (nSPS) is 13.8. The van der Waals surface area contributed by atoms with Gasteiger partial charge in [-0.15, -0.1) is 0 Å². The summed E-state index contributed by atoms with van der Waals surface area (Å²) >= 11 is 0. The third kappa shape index (κ3) is 1.84. The second-order valence-electron chi connectivity index (χ2n) is 4.59. The first kappa shape index (κ1) is 12.3. The lowest BCUT2D eigenvalue weighted by Gasteiger charge is -2.14. The highest BCUT2D eigenvalue weighted by atomic mass is 19.1. The summed E-state index contributed by atoms with van der Waals surface area (Å²) in [4.78, 5) is 25.3. The standard InChI is InChI=1S/C15H11FN2O2/c16-13-7-10(17)6-5-9(13)8-18-14(19)11-3-1-2-4-12(11)15(18)20/h1-7H,8,17H2. The molecule has 0 bridgehead atoms. The van der Waals surface area contributed by atoms with Gasteiger partial charge in [-0.25, -0.2) is 4.39 Å². The Labute approximate surface area is 114 Å². The molecular weight excluding hydrogens is 259 g/mol. The van der Waals surface area contributed by atoms with Crippen molar-refractivity contribution in [1.82, 2.24) is 4.90 Å². The summed E-state index contributed by atoms with van der Waals surface area (Å²) < 4.78 is 13.8. The molecule has 0 fully saturated rings. The molecule has 0 aromatic heterocycles. The number of anilines is 1. The zero-order valence-electron chi connectivity index (χ0n) is 10.5. The summed E-state index contributed by atoms with van der Waals surface area (Å²) in [6, 6.07) is 10.8. The summed E-state index contributed by atoms with van der Waals surface area (Å²) in [6.07, 6.45) is 0. The van der Waals surface area contributed by atoms with Gasteiger partial charge in [0.2, 0.25) is 0 Å². The van der Waals surface area contributed by atoms with E-state index < -0.39 is 17.6 Å². The molecule has 0 radical (unpaired) electrons. The highest BCUT2D eigenvalue weighted by Gasteiger charge is 2.35. The Morgan fingerprint density at radius 3 is 2.15 bits per heavy atom. The molecule has 0 saturated carbocycles. The smallest absolute Gasteiger partial charge is 0.261 e. The average Bonchev–Trinajstić information content (AvgIpc) is 2.67. The van der Waals surface area contributed by atoms with E-state index in [9.17, 15) is 14.0 Å². The van der Waals surface area contributed by atoms with Crippen molar-refractivity contribution in [3.8, 4) is 0 Å². The fourth-order valence-corrected chi connectivity index (χ4v) is 2.24. The van der Waals surface area contributed by atoms with Crippen molar-refractivity contribution in [2.24, 2.45) is 0 Å². The van der Waals surface area contributed by atoms with Crippen LogP contribution in [-0.4, -0.2) is 16.7 Å². The van der Waals surface area contributed by atoms with Crippen LogP contribution in [0, 0.1) is 5.82 Å². The van der Waals surface area contributed by atoms with E-state index in [0.29, 0.717) is 16.8 Å². The number of imide groups is 1. The van der Waals surface area contributed by atoms with Crippen LogP contribution < -0.4 is 5.73 Å². The lowest BCUT2D eigenvalue weighted by Crippen LogP contribution is -2.29. The maximum absolute atomic E-state index is 13.8. The molecule has 1 heterocycles. The van der Waals surface area contributed by atoms with E-state index in [4.69, 9.17) is 5.73 Å². The monoisotopic (exact) mass is 270 g/mol. The van der Waals surface area contributed by atoms with E-state index in [0.717, 1.165) is 4.90 Å². The van der Waals surface area contributed by atoms with E-state index in [1.54, 1.807) is 24.3 Å². The van der Waals surface area contributed by atoms with Crippen LogP contribution in [0.1, 0.15) is 26.3 Å². The fourth-order valence-electron chi connectivity index (χ4n) is 2.24. The molecule has 100 valence electrons. The van der Waals surface area contributed by atoms with Crippen LogP contribution in [0.25, 0.3) is 0 Å². The number of fused-ring (bicyclic) bond motifs is 1. The molecule has 4 nitrogen and oxygen atoms in total. The second-order valence-corrected chi connectivity index (χ2v) is 4.59. The predicted octanol–water partition coefficient (Wildman–Crippen LogP) is 2.20. The molecule has 0 atom stereocenters. The molecule has 2 aromatic rings. The Morgan fingerprint density at radius 1 is 1.00 bits per heavy atom. The minimum absolute atomic E-state index is 0.0987. The van der Waals surface area contributed by atoms with E-state index in [-0.39, 0.29) is 12.1 Å². The van der Waals surface area contributed by atoms with Crippen LogP contribution in [0.5, 0.6) is 0 Å². The number of nitrogens with zero attached hydrogens (tertiary/aromatic N) is 1. The number of nitrogen functional groups attached to an aromatic ring is 1. The molecule has 0 unspecified atom stereocenters. The zero-order valence-corrected chi connectivity index (χ0v) is 10.5. The number of halogens is 1. The highest BCUT2D eigenvalue weighted by Crippen LogP contribution is 2.25. The second kappa shape index (κ2) is 4.45. The Bertz CT molecular complexity index is 693. The Kier molecular flexibility index (Phi) is 2.75. The number of nitrogens with two attached hydrogens (primary N) is 1. The quantitative estimate of drug-likeness (QED) is 0.672. The lowest BCUT2D eigenvalue weighted by molar-refractivity contribution is 0.0641. The first-order chi connectivity index (χ1) is 9.58. The molecule has 3 rings (SSSR count). The zero-order chi connectivity index (χ0) is 14.3. The van der Waals surface area contributed by atoms with Crippen LogP contribution in [-0.2, 0) is 6.54 Å². The van der Waals surface area contributed by atoms with Gasteiger partial charge in [0, 0.05) is 11.3 Å². The molecule has 2 amide bonds. The fraction of sp³-hybridized carbons (Fsp3) is 0.0667. The maximum atomic E-state index is 13.8. The number of hydrogen-bond acceptors (Lipinski definition) is 3. The number of carbonyl (C=O) groups excluding carboxylic acids is 2. The van der Waals surface area contributed by atoms with E-state index in [1.165, 1.54) is 18.2 Å². The van der Waals surface area contributed by atoms with Crippen LogP contribution in [0.4, 0.5) is 10.1 Å². The molecular formula is C15H11FN2O2. The van der Waals surface area contributed by atoms with Gasteiger partial charge in [-0.1, -0.05) is 18.2 Å². The third-order valence-electron chi connectivity index (χ3n) is 3.28. The van der Waals surface area contributed by atoms with Crippen molar-refractivity contribution in [2.45, 2.75) is 6.54 Å². The first-order valence-corrected chi connectivity index (χ1v) is 6.07. The van der Waals surface area contributed by atoms with Crippen LogP contribution >= 0.6 is 0 Å². The molecule has 1 aliphatic rings. The van der Waals surface area contributed by atoms with Gasteiger partial charge in [0.25, 0.3) is 11.8 Å². The maximum Gasteiger partial charge on any atom is 0.261 e. The minimum Gasteiger partial charge on any atom is -0.399 e. The Hall–Kier alpha value is -2.69. The minimum atomic E-state index is -0.526. The topological polar surface area (TPSA) is 63.4 Å². The van der Waals surface area contributed by atoms with Crippen molar-refractivity contribution < 1.29 is 14.0 Å². The molecule has 0 spiro atoms. The van der Waals surface area contributed by atoms with Gasteiger partial charge in [-0.3, -0.25) is 14.5 Å². The van der Waals surface area contributed by atoms with Gasteiger partial charge < -0.3 is 5.73 Å². The van der Waals surface area contributed by atoms with Crippen molar-refractivity contribution in [3.63, 3.8) is 0 Å². The number of hydrogen-bond donors (Lipinski definition) is 1. The van der Waals surface area contributed by atoms with E-state index in [1.807, 2.05) is 0 Å². The van der Waals surface area contributed by atoms with Crippen LogP contribution in [0.3, 0.4) is 0 Å². The van der Waals surface area contributed by atoms with Crippen LogP contribution in [0.2, 0.25) is 0 Å². The van der Waals surface area contributed by atoms with Crippen molar-refractivity contribution >= 4 is 17.5 Å². The molecule has 0 saturated heterocycles. The van der Waals surface area contributed by atoms with E-state index >= 15 is 0 Å². The largest absolute Gasteiger partial charge is 0.399 e. The molecule has 0 aliphatic carbocycles. The Morgan fingerprint density at radius 2 is 1.60 bits per heavy atom. The molecule has 1 aliphatic heterocycles. The molecule has 20 heavy (non-hydrogen) atoms. The van der Waals surface area contributed by atoms with Gasteiger partial charge in [-0.2, -0.15) is 0 Å². The van der Waals surface area contributed by atoms with Crippen molar-refractivity contribution in [2.75, 3.05) is 5.73 Å². The summed E-state index contributed by atoms with van der Waals surface area (Å²) in [7, 11) is 0. The third-order valence-corrected chi connectivity index (χ3v) is 3.28. The van der Waals surface area contributed by atoms with Gasteiger partial charge >= 0.3 is 0 Å². The van der Waals surface area contributed by atoms with Crippen molar-refractivity contribution in [1.29, 1.82) is 0 Å². The highest BCUT2D eigenvalue weighted by molar-refractivity contribution is 6.21. The summed E-state index contributed by atoms with van der Waals surface area (Å²) in [5.74, 6) is -1.33. The van der Waals surface area contributed by atoms with Crippen LogP contribution in [0.15, 0.2) is 42.5 Å². The molecule has 2 N–H and O–H groups in total. The molecule has 2 aromatic carbocycles. The average molecular weight is 270 g/mol. The van der Waals surface area contributed by atoms with Crippen molar-refractivity contribution in [3.05, 3.63) is 65.0 Å².